The lowest BCUT2D eigenvalue weighted by Gasteiger charge is -2.34. The van der Waals surface area contributed by atoms with Gasteiger partial charge in [-0.25, -0.2) is 22.7 Å². The van der Waals surface area contributed by atoms with Crippen LogP contribution in [-0.2, 0) is 6.54 Å². The maximum absolute atomic E-state index is 13.5. The highest BCUT2D eigenvalue weighted by Crippen LogP contribution is 2.42. The maximum atomic E-state index is 13.5. The summed E-state index contributed by atoms with van der Waals surface area (Å²) in [6.45, 7) is 1.91. The molecule has 172 valence electrons. The van der Waals surface area contributed by atoms with Gasteiger partial charge in [0.2, 0.25) is 0 Å². The molecule has 33 heavy (non-hydrogen) atoms. The van der Waals surface area contributed by atoms with E-state index in [-0.39, 0.29) is 41.6 Å². The van der Waals surface area contributed by atoms with Crippen LogP contribution in [0.1, 0.15) is 60.3 Å². The molecular formula is C24H24F3N5O. The van der Waals surface area contributed by atoms with Gasteiger partial charge in [0.15, 0.2) is 5.78 Å². The zero-order valence-corrected chi connectivity index (χ0v) is 18.2. The van der Waals surface area contributed by atoms with Crippen molar-refractivity contribution in [1.29, 1.82) is 0 Å². The van der Waals surface area contributed by atoms with Crippen molar-refractivity contribution in [2.24, 2.45) is 11.8 Å². The molecule has 1 aliphatic rings. The fraction of sp³-hybridized carbons (Fsp3) is 0.417. The van der Waals surface area contributed by atoms with E-state index in [0.29, 0.717) is 17.7 Å². The third-order valence-corrected chi connectivity index (χ3v) is 6.85. The molecule has 0 saturated heterocycles. The van der Waals surface area contributed by atoms with Gasteiger partial charge in [0, 0.05) is 34.5 Å². The Morgan fingerprint density at radius 1 is 1.21 bits per heavy atom. The summed E-state index contributed by atoms with van der Waals surface area (Å²) in [5.74, 6) is 0.0494. The van der Waals surface area contributed by atoms with E-state index in [1.807, 2.05) is 29.0 Å². The molecule has 9 heteroatoms. The number of carbonyl (C=O) groups is 1. The second-order valence-corrected chi connectivity index (χ2v) is 8.81. The lowest BCUT2D eigenvalue weighted by atomic mass is 9.71. The summed E-state index contributed by atoms with van der Waals surface area (Å²) >= 11 is 0. The van der Waals surface area contributed by atoms with Crippen LogP contribution < -0.4 is 0 Å². The van der Waals surface area contributed by atoms with Crippen molar-refractivity contribution in [3.63, 3.8) is 0 Å². The first-order valence-electron chi connectivity index (χ1n) is 11.1. The highest BCUT2D eigenvalue weighted by atomic mass is 19.3. The topological polar surface area (TPSA) is 65.1 Å². The Morgan fingerprint density at radius 2 is 2.06 bits per heavy atom. The van der Waals surface area contributed by atoms with Crippen LogP contribution >= 0.6 is 0 Å². The molecule has 1 aliphatic carbocycles. The Hall–Kier alpha value is -3.23. The lowest BCUT2D eigenvalue weighted by molar-refractivity contribution is 0.0858. The lowest BCUT2D eigenvalue weighted by Crippen LogP contribution is -2.28. The second kappa shape index (κ2) is 8.61. The fourth-order valence-electron chi connectivity index (χ4n) is 5.08. The Morgan fingerprint density at radius 3 is 2.85 bits per heavy atom. The van der Waals surface area contributed by atoms with Crippen LogP contribution in [0.4, 0.5) is 13.2 Å². The minimum absolute atomic E-state index is 0.0463. The number of aromatic nitrogens is 5. The zero-order chi connectivity index (χ0) is 23.1. The molecule has 0 bridgehead atoms. The highest BCUT2D eigenvalue weighted by molar-refractivity contribution is 6.01. The van der Waals surface area contributed by atoms with Gasteiger partial charge in [-0.1, -0.05) is 6.92 Å². The molecule has 0 radical (unpaired) electrons. The Kier molecular flexibility index (Phi) is 5.64. The summed E-state index contributed by atoms with van der Waals surface area (Å²) in [7, 11) is 0. The molecule has 4 aromatic rings. The fourth-order valence-corrected chi connectivity index (χ4v) is 5.08. The number of hydrogen-bond acceptors (Lipinski definition) is 4. The largest absolute Gasteiger partial charge is 0.345 e. The molecule has 0 spiro atoms. The van der Waals surface area contributed by atoms with Crippen LogP contribution in [0.5, 0.6) is 0 Å². The Labute approximate surface area is 188 Å². The first kappa shape index (κ1) is 21.6. The first-order chi connectivity index (χ1) is 16.0. The van der Waals surface area contributed by atoms with Crippen LogP contribution in [0, 0.1) is 11.8 Å². The molecule has 1 unspecified atom stereocenters. The van der Waals surface area contributed by atoms with Crippen molar-refractivity contribution in [2.45, 2.75) is 45.1 Å². The highest BCUT2D eigenvalue weighted by Gasteiger charge is 2.35. The monoisotopic (exact) mass is 455 g/mol. The van der Waals surface area contributed by atoms with E-state index in [1.54, 1.807) is 6.07 Å². The third-order valence-electron chi connectivity index (χ3n) is 6.85. The van der Waals surface area contributed by atoms with E-state index in [1.165, 1.54) is 16.9 Å². The summed E-state index contributed by atoms with van der Waals surface area (Å²) < 4.78 is 43.0. The molecule has 0 amide bonds. The van der Waals surface area contributed by atoms with Crippen molar-refractivity contribution in [2.75, 3.05) is 6.67 Å². The van der Waals surface area contributed by atoms with E-state index in [9.17, 15) is 18.0 Å². The second-order valence-electron chi connectivity index (χ2n) is 8.81. The number of carbonyl (C=O) groups excluding carboxylic acids is 1. The molecular weight excluding hydrogens is 431 g/mol. The number of rotatable bonds is 6. The number of halogens is 3. The van der Waals surface area contributed by atoms with E-state index >= 15 is 0 Å². The van der Waals surface area contributed by atoms with Gasteiger partial charge in [-0.05, 0) is 55.5 Å². The molecule has 0 N–H and O–H groups in total. The number of fused-ring (bicyclic) bond motifs is 2. The number of Topliss-reactive ketones (excluding diaryl/α,β-unsaturated/α-hetero) is 1. The first-order valence-corrected chi connectivity index (χ1v) is 11.1. The van der Waals surface area contributed by atoms with Gasteiger partial charge in [0.1, 0.15) is 18.7 Å². The van der Waals surface area contributed by atoms with Gasteiger partial charge in [-0.3, -0.25) is 4.79 Å². The predicted molar refractivity (Wildman–Crippen MR) is 117 cm³/mol. The minimum Gasteiger partial charge on any atom is -0.345 e. The Bertz CT molecular complexity index is 1310. The molecule has 3 atom stereocenters. The Balaban J connectivity index is 1.45. The van der Waals surface area contributed by atoms with E-state index in [4.69, 9.17) is 0 Å². The van der Waals surface area contributed by atoms with E-state index in [0.717, 1.165) is 23.7 Å². The van der Waals surface area contributed by atoms with Crippen molar-refractivity contribution in [3.8, 4) is 0 Å². The van der Waals surface area contributed by atoms with Crippen molar-refractivity contribution < 1.29 is 18.0 Å². The number of alkyl halides is 3. The standard InChI is InChI=1S/C24H24F3N5O/c1-14-2-3-17(22(33)16-4-5-20-15(10-16)6-8-31(20)9-7-25)11-18(14)21-12-19(23(26)27)30-24-28-13-29-32(21)24/h4-6,8,10,12-14,17-18,23H,2-3,7,9,11H2,1H3/t14-,17?,18-/m0/s1. The molecule has 3 aromatic heterocycles. The zero-order valence-electron chi connectivity index (χ0n) is 18.2. The van der Waals surface area contributed by atoms with E-state index in [2.05, 4.69) is 22.0 Å². The average molecular weight is 455 g/mol. The molecule has 5 rings (SSSR count). The SMILES string of the molecule is C[C@H]1CCC(C(=O)c2ccc3c(ccn3CCF)c2)C[C@@H]1c1cc(C(F)F)nc2ncnn12. The number of nitrogens with zero attached hydrogens (tertiary/aromatic N) is 5. The predicted octanol–water partition coefficient (Wildman–Crippen LogP) is 5.39. The van der Waals surface area contributed by atoms with Gasteiger partial charge in [0.25, 0.3) is 12.2 Å². The van der Waals surface area contributed by atoms with Gasteiger partial charge in [-0.2, -0.15) is 10.1 Å². The molecule has 1 saturated carbocycles. The van der Waals surface area contributed by atoms with Crippen molar-refractivity contribution in [3.05, 3.63) is 59.8 Å². The normalized spacial score (nSPS) is 21.3. The van der Waals surface area contributed by atoms with Gasteiger partial charge in [0.05, 0.1) is 12.2 Å². The summed E-state index contributed by atoms with van der Waals surface area (Å²) in [6.07, 6.45) is 2.51. The van der Waals surface area contributed by atoms with Gasteiger partial charge in [-0.15, -0.1) is 0 Å². The third kappa shape index (κ3) is 3.89. The van der Waals surface area contributed by atoms with Crippen LogP contribution in [0.2, 0.25) is 0 Å². The van der Waals surface area contributed by atoms with Crippen LogP contribution in [-0.4, -0.2) is 36.6 Å². The number of ketones is 1. The molecule has 3 heterocycles. The molecule has 1 aromatic carbocycles. The summed E-state index contributed by atoms with van der Waals surface area (Å²) in [5.41, 5.74) is 1.81. The van der Waals surface area contributed by atoms with Gasteiger partial charge >= 0.3 is 0 Å². The summed E-state index contributed by atoms with van der Waals surface area (Å²) in [4.78, 5) is 21.3. The maximum Gasteiger partial charge on any atom is 0.280 e. The molecule has 6 nitrogen and oxygen atoms in total. The van der Waals surface area contributed by atoms with Gasteiger partial charge < -0.3 is 4.57 Å². The summed E-state index contributed by atoms with van der Waals surface area (Å²) in [5, 5.41) is 5.09. The number of hydrogen-bond donors (Lipinski definition) is 0. The summed E-state index contributed by atoms with van der Waals surface area (Å²) in [6, 6.07) is 8.80. The van der Waals surface area contributed by atoms with E-state index < -0.39 is 13.1 Å². The van der Waals surface area contributed by atoms with Crippen molar-refractivity contribution in [1.82, 2.24) is 24.1 Å². The number of benzene rings is 1. The van der Waals surface area contributed by atoms with Crippen LogP contribution in [0.15, 0.2) is 42.9 Å². The average Bonchev–Trinajstić information content (AvgIpc) is 3.45. The minimum atomic E-state index is -2.71. The number of aryl methyl sites for hydroxylation is 1. The quantitative estimate of drug-likeness (QED) is 0.366. The van der Waals surface area contributed by atoms with Crippen LogP contribution in [0.3, 0.4) is 0 Å². The molecule has 0 aliphatic heterocycles. The smallest absolute Gasteiger partial charge is 0.280 e. The molecule has 1 fully saturated rings. The van der Waals surface area contributed by atoms with Crippen molar-refractivity contribution >= 4 is 22.5 Å². The van der Waals surface area contributed by atoms with Crippen LogP contribution in [0.25, 0.3) is 16.7 Å².